The first-order chi connectivity index (χ1) is 14.5. The van der Waals surface area contributed by atoms with Crippen molar-refractivity contribution >= 4 is 11.6 Å². The molecule has 0 amide bonds. The monoisotopic (exact) mass is 411 g/mol. The molecule has 1 fully saturated rings. The summed E-state index contributed by atoms with van der Waals surface area (Å²) in [6, 6.07) is 7.00. The fraction of sp³-hybridized carbons (Fsp3) is 0.609. The molecule has 0 bridgehead atoms. The van der Waals surface area contributed by atoms with Crippen LogP contribution in [0.25, 0.3) is 0 Å². The Kier molecular flexibility index (Phi) is 7.71. The van der Waals surface area contributed by atoms with Gasteiger partial charge in [0.05, 0.1) is 6.54 Å². The van der Waals surface area contributed by atoms with Gasteiger partial charge in [0.2, 0.25) is 0 Å². The van der Waals surface area contributed by atoms with Crippen LogP contribution in [-0.4, -0.2) is 64.4 Å². The number of piperazine rings is 1. The number of rotatable bonds is 7. The summed E-state index contributed by atoms with van der Waals surface area (Å²) in [5.74, 6) is 2.04. The number of nitrogens with one attached hydrogen (secondary N) is 1. The molecule has 1 unspecified atom stereocenters. The second kappa shape index (κ2) is 10.5. The van der Waals surface area contributed by atoms with Gasteiger partial charge < -0.3 is 19.7 Å². The molecule has 2 heterocycles. The molecule has 164 valence electrons. The zero-order valence-corrected chi connectivity index (χ0v) is 19.2. The molecule has 7 heteroatoms. The smallest absolute Gasteiger partial charge is 0.194 e. The molecule has 1 aromatic carbocycles. The highest BCUT2D eigenvalue weighted by Gasteiger charge is 2.22. The number of aliphatic imine (C=N–C) groups is 1. The van der Waals surface area contributed by atoms with Crippen molar-refractivity contribution in [2.75, 3.05) is 37.6 Å². The van der Waals surface area contributed by atoms with Crippen LogP contribution >= 0.6 is 0 Å². The zero-order valence-electron chi connectivity index (χ0n) is 19.2. The van der Waals surface area contributed by atoms with E-state index in [2.05, 4.69) is 82.7 Å². The first kappa shape index (κ1) is 22.1. The van der Waals surface area contributed by atoms with E-state index in [0.29, 0.717) is 6.04 Å². The number of guanidine groups is 1. The lowest BCUT2D eigenvalue weighted by Gasteiger charge is -2.39. The Bertz CT molecular complexity index is 834. The maximum Gasteiger partial charge on any atom is 0.194 e. The minimum atomic E-state index is 0.405. The van der Waals surface area contributed by atoms with Crippen molar-refractivity contribution in [1.82, 2.24) is 25.0 Å². The number of nitrogens with zero attached hydrogens (tertiary/aromatic N) is 6. The van der Waals surface area contributed by atoms with E-state index in [0.717, 1.165) is 63.9 Å². The van der Waals surface area contributed by atoms with Crippen LogP contribution in [0.3, 0.4) is 0 Å². The van der Waals surface area contributed by atoms with Gasteiger partial charge >= 0.3 is 0 Å². The van der Waals surface area contributed by atoms with E-state index in [1.54, 1.807) is 6.33 Å². The highest BCUT2D eigenvalue weighted by atomic mass is 15.4. The number of benzene rings is 1. The Morgan fingerprint density at radius 1 is 1.17 bits per heavy atom. The molecule has 3 rings (SSSR count). The summed E-state index contributed by atoms with van der Waals surface area (Å²) in [6.07, 6.45) is 3.77. The van der Waals surface area contributed by atoms with Gasteiger partial charge in [0, 0.05) is 50.9 Å². The lowest BCUT2D eigenvalue weighted by molar-refractivity contribution is 0.365. The van der Waals surface area contributed by atoms with Crippen LogP contribution in [0.4, 0.5) is 5.69 Å². The topological polar surface area (TPSA) is 61.6 Å². The molecule has 30 heavy (non-hydrogen) atoms. The van der Waals surface area contributed by atoms with E-state index in [9.17, 15) is 0 Å². The standard InChI is InChI=1S/C23H37N7/c1-6-19(4)26-23(24-11-12-30-17-25-27-22(30)7-2)29-15-13-28(14-16-29)21-10-8-9-18(3)20(21)5/h8-10,17,19H,6-7,11-16H2,1-5H3,(H,24,26). The Hall–Kier alpha value is -2.57. The predicted molar refractivity (Wildman–Crippen MR) is 124 cm³/mol. The van der Waals surface area contributed by atoms with Crippen LogP contribution in [-0.2, 0) is 13.0 Å². The number of hydrogen-bond donors (Lipinski definition) is 1. The van der Waals surface area contributed by atoms with Gasteiger partial charge in [0.1, 0.15) is 12.2 Å². The normalized spacial score (nSPS) is 16.1. The Labute approximate surface area is 181 Å². The van der Waals surface area contributed by atoms with Crippen LogP contribution in [0, 0.1) is 13.8 Å². The van der Waals surface area contributed by atoms with Crippen molar-refractivity contribution in [3.63, 3.8) is 0 Å². The van der Waals surface area contributed by atoms with Gasteiger partial charge in [0.25, 0.3) is 0 Å². The maximum atomic E-state index is 4.95. The summed E-state index contributed by atoms with van der Waals surface area (Å²) in [7, 11) is 0. The molecule has 2 aromatic rings. The van der Waals surface area contributed by atoms with Crippen molar-refractivity contribution in [2.45, 2.75) is 60.0 Å². The fourth-order valence-electron chi connectivity index (χ4n) is 3.80. The summed E-state index contributed by atoms with van der Waals surface area (Å²) in [5, 5.41) is 11.8. The summed E-state index contributed by atoms with van der Waals surface area (Å²) in [6.45, 7) is 16.5. The maximum absolute atomic E-state index is 4.95. The Morgan fingerprint density at radius 3 is 2.63 bits per heavy atom. The van der Waals surface area contributed by atoms with E-state index in [4.69, 9.17) is 4.99 Å². The van der Waals surface area contributed by atoms with E-state index in [1.165, 1.54) is 16.8 Å². The second-order valence-corrected chi connectivity index (χ2v) is 8.15. The minimum absolute atomic E-state index is 0.405. The molecule has 1 aromatic heterocycles. The summed E-state index contributed by atoms with van der Waals surface area (Å²) in [5.41, 5.74) is 4.11. The third kappa shape index (κ3) is 5.32. The van der Waals surface area contributed by atoms with Crippen LogP contribution in [0.2, 0.25) is 0 Å². The summed E-state index contributed by atoms with van der Waals surface area (Å²) >= 11 is 0. The van der Waals surface area contributed by atoms with Crippen LogP contribution in [0.1, 0.15) is 44.1 Å². The molecule has 0 radical (unpaired) electrons. The Morgan fingerprint density at radius 2 is 1.93 bits per heavy atom. The van der Waals surface area contributed by atoms with Crippen molar-refractivity contribution in [3.8, 4) is 0 Å². The molecule has 1 aliphatic heterocycles. The van der Waals surface area contributed by atoms with Gasteiger partial charge in [-0.25, -0.2) is 0 Å². The predicted octanol–water partition coefficient (Wildman–Crippen LogP) is 3.02. The van der Waals surface area contributed by atoms with E-state index in [1.807, 2.05) is 0 Å². The molecule has 7 nitrogen and oxygen atoms in total. The van der Waals surface area contributed by atoms with Crippen molar-refractivity contribution in [1.29, 1.82) is 0 Å². The molecular formula is C23H37N7. The first-order valence-electron chi connectivity index (χ1n) is 11.3. The third-order valence-electron chi connectivity index (χ3n) is 6.10. The molecular weight excluding hydrogens is 374 g/mol. The van der Waals surface area contributed by atoms with Gasteiger partial charge in [-0.05, 0) is 44.4 Å². The molecule has 0 aliphatic carbocycles. The lowest BCUT2D eigenvalue weighted by atomic mass is 10.1. The number of aryl methyl sites for hydroxylation is 2. The average Bonchev–Trinajstić information content (AvgIpc) is 3.22. The van der Waals surface area contributed by atoms with Crippen molar-refractivity contribution in [2.24, 2.45) is 4.99 Å². The average molecular weight is 412 g/mol. The van der Waals surface area contributed by atoms with Gasteiger partial charge in [0.15, 0.2) is 5.96 Å². The fourth-order valence-corrected chi connectivity index (χ4v) is 3.80. The molecule has 0 saturated carbocycles. The van der Waals surface area contributed by atoms with Crippen molar-refractivity contribution < 1.29 is 0 Å². The van der Waals surface area contributed by atoms with Crippen LogP contribution < -0.4 is 10.2 Å². The summed E-state index contributed by atoms with van der Waals surface area (Å²) < 4.78 is 2.10. The summed E-state index contributed by atoms with van der Waals surface area (Å²) in [4.78, 5) is 9.86. The number of aromatic nitrogens is 3. The first-order valence-corrected chi connectivity index (χ1v) is 11.3. The highest BCUT2D eigenvalue weighted by molar-refractivity contribution is 5.80. The van der Waals surface area contributed by atoms with Gasteiger partial charge in [-0.2, -0.15) is 0 Å². The minimum Gasteiger partial charge on any atom is -0.368 e. The molecule has 1 atom stereocenters. The van der Waals surface area contributed by atoms with E-state index < -0.39 is 0 Å². The van der Waals surface area contributed by atoms with Crippen LogP contribution in [0.5, 0.6) is 0 Å². The SMILES string of the molecule is CCc1nncn1CCN=C(NC(C)CC)N1CCN(c2cccc(C)c2C)CC1. The van der Waals surface area contributed by atoms with Gasteiger partial charge in [-0.15, -0.1) is 10.2 Å². The van der Waals surface area contributed by atoms with E-state index >= 15 is 0 Å². The highest BCUT2D eigenvalue weighted by Crippen LogP contribution is 2.23. The quantitative estimate of drug-likeness (QED) is 0.561. The Balaban J connectivity index is 1.65. The lowest BCUT2D eigenvalue weighted by Crippen LogP contribution is -2.54. The second-order valence-electron chi connectivity index (χ2n) is 8.15. The zero-order chi connectivity index (χ0) is 21.5. The molecule has 0 spiro atoms. The third-order valence-corrected chi connectivity index (χ3v) is 6.10. The van der Waals surface area contributed by atoms with Gasteiger partial charge in [-0.1, -0.05) is 26.0 Å². The molecule has 1 N–H and O–H groups in total. The largest absolute Gasteiger partial charge is 0.368 e. The van der Waals surface area contributed by atoms with E-state index in [-0.39, 0.29) is 0 Å². The number of hydrogen-bond acceptors (Lipinski definition) is 4. The molecule has 1 saturated heterocycles. The van der Waals surface area contributed by atoms with Crippen LogP contribution in [0.15, 0.2) is 29.5 Å². The number of anilines is 1. The van der Waals surface area contributed by atoms with Gasteiger partial charge in [-0.3, -0.25) is 4.99 Å². The van der Waals surface area contributed by atoms with Crippen molar-refractivity contribution in [3.05, 3.63) is 41.5 Å². The molecule has 1 aliphatic rings.